The second kappa shape index (κ2) is 8.69. The SMILES string of the molecule is COc1cc(C(=O)Nc2ccc3c(c2)N(C(=O)c2cccs2)CC3)cc(OC)c1OC. The van der Waals surface area contributed by atoms with Gasteiger partial charge in [0.25, 0.3) is 11.8 Å². The summed E-state index contributed by atoms with van der Waals surface area (Å²) in [7, 11) is 4.51. The number of carbonyl (C=O) groups is 2. The van der Waals surface area contributed by atoms with Gasteiger partial charge in [-0.25, -0.2) is 0 Å². The largest absolute Gasteiger partial charge is 0.493 e. The Morgan fingerprint density at radius 1 is 1.00 bits per heavy atom. The van der Waals surface area contributed by atoms with E-state index < -0.39 is 0 Å². The van der Waals surface area contributed by atoms with E-state index in [0.717, 1.165) is 17.7 Å². The zero-order chi connectivity index (χ0) is 22.0. The molecule has 0 fully saturated rings. The minimum Gasteiger partial charge on any atom is -0.493 e. The molecular formula is C23H22N2O5S. The van der Waals surface area contributed by atoms with Gasteiger partial charge in [-0.2, -0.15) is 0 Å². The van der Waals surface area contributed by atoms with E-state index in [9.17, 15) is 9.59 Å². The maximum absolute atomic E-state index is 12.9. The lowest BCUT2D eigenvalue weighted by Gasteiger charge is -2.18. The highest BCUT2D eigenvalue weighted by atomic mass is 32.1. The van der Waals surface area contributed by atoms with E-state index in [1.807, 2.05) is 35.7 Å². The molecule has 1 N–H and O–H groups in total. The number of anilines is 2. The van der Waals surface area contributed by atoms with Gasteiger partial charge in [-0.05, 0) is 47.7 Å². The summed E-state index contributed by atoms with van der Waals surface area (Å²) in [6, 6.07) is 12.5. The Balaban J connectivity index is 1.59. The molecule has 31 heavy (non-hydrogen) atoms. The fourth-order valence-electron chi connectivity index (χ4n) is 3.62. The molecule has 160 valence electrons. The van der Waals surface area contributed by atoms with Gasteiger partial charge in [-0.1, -0.05) is 12.1 Å². The minimum atomic E-state index is -0.326. The number of hydrogen-bond donors (Lipinski definition) is 1. The first-order valence-electron chi connectivity index (χ1n) is 9.65. The van der Waals surface area contributed by atoms with Crippen molar-refractivity contribution < 1.29 is 23.8 Å². The van der Waals surface area contributed by atoms with Crippen molar-refractivity contribution in [2.75, 3.05) is 38.1 Å². The monoisotopic (exact) mass is 438 g/mol. The Hall–Kier alpha value is -3.52. The zero-order valence-electron chi connectivity index (χ0n) is 17.4. The fourth-order valence-corrected chi connectivity index (χ4v) is 4.29. The second-order valence-electron chi connectivity index (χ2n) is 6.90. The highest BCUT2D eigenvalue weighted by molar-refractivity contribution is 7.12. The highest BCUT2D eigenvalue weighted by Crippen LogP contribution is 2.38. The summed E-state index contributed by atoms with van der Waals surface area (Å²) in [4.78, 5) is 28.2. The summed E-state index contributed by atoms with van der Waals surface area (Å²) in [5.41, 5.74) is 2.86. The number of fused-ring (bicyclic) bond motifs is 1. The number of carbonyl (C=O) groups excluding carboxylic acids is 2. The number of thiophene rings is 1. The van der Waals surface area contributed by atoms with Gasteiger partial charge in [0.05, 0.1) is 26.2 Å². The topological polar surface area (TPSA) is 77.1 Å². The molecule has 0 unspecified atom stereocenters. The molecular weight excluding hydrogens is 416 g/mol. The molecule has 0 saturated carbocycles. The summed E-state index contributed by atoms with van der Waals surface area (Å²) < 4.78 is 16.0. The summed E-state index contributed by atoms with van der Waals surface area (Å²) in [6.45, 7) is 0.621. The van der Waals surface area contributed by atoms with Gasteiger partial charge in [0.15, 0.2) is 11.5 Å². The van der Waals surface area contributed by atoms with Gasteiger partial charge in [-0.3, -0.25) is 9.59 Å². The van der Waals surface area contributed by atoms with Crippen molar-refractivity contribution in [3.05, 3.63) is 63.8 Å². The van der Waals surface area contributed by atoms with Crippen LogP contribution in [0.5, 0.6) is 17.2 Å². The third-order valence-corrected chi connectivity index (χ3v) is 6.00. The molecule has 2 heterocycles. The van der Waals surface area contributed by atoms with Gasteiger partial charge >= 0.3 is 0 Å². The van der Waals surface area contributed by atoms with Crippen molar-refractivity contribution in [2.24, 2.45) is 0 Å². The molecule has 1 aliphatic rings. The molecule has 7 nitrogen and oxygen atoms in total. The van der Waals surface area contributed by atoms with Crippen LogP contribution >= 0.6 is 11.3 Å². The quantitative estimate of drug-likeness (QED) is 0.623. The molecule has 4 rings (SSSR count). The van der Waals surface area contributed by atoms with Crippen LogP contribution in [-0.4, -0.2) is 39.7 Å². The van der Waals surface area contributed by atoms with Crippen LogP contribution in [0.3, 0.4) is 0 Å². The minimum absolute atomic E-state index is 0.0261. The zero-order valence-corrected chi connectivity index (χ0v) is 18.2. The molecule has 0 spiro atoms. The van der Waals surface area contributed by atoms with Crippen LogP contribution in [0, 0.1) is 0 Å². The molecule has 0 radical (unpaired) electrons. The van der Waals surface area contributed by atoms with Crippen LogP contribution in [0.25, 0.3) is 0 Å². The van der Waals surface area contributed by atoms with Crippen molar-refractivity contribution >= 4 is 34.5 Å². The standard InChI is InChI=1S/C23H22N2O5S/c1-28-18-11-15(12-19(29-2)21(18)30-3)22(26)24-16-7-6-14-8-9-25(17(14)13-16)23(27)20-5-4-10-31-20/h4-7,10-13H,8-9H2,1-3H3,(H,24,26). The number of nitrogens with zero attached hydrogens (tertiary/aromatic N) is 1. The van der Waals surface area contributed by atoms with Crippen molar-refractivity contribution in [2.45, 2.75) is 6.42 Å². The molecule has 8 heteroatoms. The molecule has 2 aromatic carbocycles. The molecule has 0 atom stereocenters. The maximum atomic E-state index is 12.9. The molecule has 0 aliphatic carbocycles. The number of benzene rings is 2. The Bertz CT molecular complexity index is 1100. The highest BCUT2D eigenvalue weighted by Gasteiger charge is 2.26. The Morgan fingerprint density at radius 3 is 2.35 bits per heavy atom. The first-order chi connectivity index (χ1) is 15.0. The third kappa shape index (κ3) is 3.94. The predicted molar refractivity (Wildman–Crippen MR) is 120 cm³/mol. The molecule has 1 aliphatic heterocycles. The summed E-state index contributed by atoms with van der Waals surface area (Å²) in [5.74, 6) is 0.861. The number of amides is 2. The van der Waals surface area contributed by atoms with Gasteiger partial charge in [-0.15, -0.1) is 11.3 Å². The van der Waals surface area contributed by atoms with Crippen LogP contribution in [0.1, 0.15) is 25.6 Å². The van der Waals surface area contributed by atoms with Gasteiger partial charge < -0.3 is 24.4 Å². The Kier molecular flexibility index (Phi) is 5.81. The lowest BCUT2D eigenvalue weighted by Crippen LogP contribution is -2.28. The summed E-state index contributed by atoms with van der Waals surface area (Å²) in [6.07, 6.45) is 0.785. The number of hydrogen-bond acceptors (Lipinski definition) is 6. The maximum Gasteiger partial charge on any atom is 0.268 e. The predicted octanol–water partition coefficient (Wildman–Crippen LogP) is 4.23. The van der Waals surface area contributed by atoms with E-state index in [4.69, 9.17) is 14.2 Å². The average molecular weight is 439 g/mol. The second-order valence-corrected chi connectivity index (χ2v) is 7.84. The lowest BCUT2D eigenvalue weighted by molar-refractivity contribution is 0.0991. The first kappa shape index (κ1) is 20.7. The molecule has 0 bridgehead atoms. The lowest BCUT2D eigenvalue weighted by atomic mass is 10.1. The van der Waals surface area contributed by atoms with Crippen molar-refractivity contribution in [3.63, 3.8) is 0 Å². The number of nitrogens with one attached hydrogen (secondary N) is 1. The van der Waals surface area contributed by atoms with Crippen molar-refractivity contribution in [3.8, 4) is 17.2 Å². The Morgan fingerprint density at radius 2 is 1.74 bits per heavy atom. The van der Waals surface area contributed by atoms with E-state index in [0.29, 0.717) is 39.9 Å². The average Bonchev–Trinajstić information content (AvgIpc) is 3.47. The number of methoxy groups -OCH3 is 3. The molecule has 2 amide bonds. The number of ether oxygens (including phenoxy) is 3. The van der Waals surface area contributed by atoms with E-state index in [-0.39, 0.29) is 11.8 Å². The van der Waals surface area contributed by atoms with Crippen LogP contribution in [0.15, 0.2) is 47.8 Å². The molecule has 3 aromatic rings. The van der Waals surface area contributed by atoms with E-state index >= 15 is 0 Å². The smallest absolute Gasteiger partial charge is 0.268 e. The van der Waals surface area contributed by atoms with Crippen molar-refractivity contribution in [1.82, 2.24) is 0 Å². The molecule has 0 saturated heterocycles. The normalized spacial score (nSPS) is 12.3. The van der Waals surface area contributed by atoms with Gasteiger partial charge in [0.1, 0.15) is 0 Å². The van der Waals surface area contributed by atoms with E-state index in [2.05, 4.69) is 5.32 Å². The summed E-state index contributed by atoms with van der Waals surface area (Å²) in [5, 5.41) is 4.78. The van der Waals surface area contributed by atoms with Crippen LogP contribution in [0.2, 0.25) is 0 Å². The first-order valence-corrected chi connectivity index (χ1v) is 10.5. The van der Waals surface area contributed by atoms with Crippen molar-refractivity contribution in [1.29, 1.82) is 0 Å². The van der Waals surface area contributed by atoms with E-state index in [1.165, 1.54) is 32.7 Å². The molecule has 1 aromatic heterocycles. The number of rotatable bonds is 6. The fraction of sp³-hybridized carbons (Fsp3) is 0.217. The Labute approximate surface area is 184 Å². The van der Waals surface area contributed by atoms with Gasteiger partial charge in [0.2, 0.25) is 5.75 Å². The van der Waals surface area contributed by atoms with E-state index in [1.54, 1.807) is 17.0 Å². The summed E-state index contributed by atoms with van der Waals surface area (Å²) >= 11 is 1.42. The van der Waals surface area contributed by atoms with Crippen LogP contribution in [0.4, 0.5) is 11.4 Å². The van der Waals surface area contributed by atoms with Crippen LogP contribution in [-0.2, 0) is 6.42 Å². The van der Waals surface area contributed by atoms with Gasteiger partial charge in [0, 0.05) is 23.5 Å². The third-order valence-electron chi connectivity index (χ3n) is 5.14. The van der Waals surface area contributed by atoms with Crippen LogP contribution < -0.4 is 24.4 Å².